The van der Waals surface area contributed by atoms with Crippen molar-refractivity contribution < 1.29 is 19.7 Å². The van der Waals surface area contributed by atoms with Crippen molar-refractivity contribution in [2.24, 2.45) is 0 Å². The first-order valence-electron chi connectivity index (χ1n) is 11.4. The van der Waals surface area contributed by atoms with Crippen molar-refractivity contribution in [1.29, 1.82) is 5.26 Å². The van der Waals surface area contributed by atoms with Crippen molar-refractivity contribution in [3.05, 3.63) is 65.5 Å². The number of hydrogen-bond donors (Lipinski definition) is 3. The average Bonchev–Trinajstić information content (AvgIpc) is 3.43. The van der Waals surface area contributed by atoms with E-state index in [1.807, 2.05) is 31.2 Å². The number of benzene rings is 2. The van der Waals surface area contributed by atoms with Gasteiger partial charge >= 0.3 is 0 Å². The van der Waals surface area contributed by atoms with Crippen LogP contribution in [0.5, 0.6) is 17.6 Å². The summed E-state index contributed by atoms with van der Waals surface area (Å²) >= 11 is 0. The minimum atomic E-state index is -0.808. The molecule has 2 bridgehead atoms. The molecule has 1 fully saturated rings. The van der Waals surface area contributed by atoms with Crippen LogP contribution < -0.4 is 10.5 Å². The third kappa shape index (κ3) is 2.97. The number of aromatic hydroxyl groups is 2. The lowest BCUT2D eigenvalue weighted by Crippen LogP contribution is -2.25. The molecule has 0 spiro atoms. The number of nitrogen functional groups attached to an aromatic ring is 1. The zero-order valence-corrected chi connectivity index (χ0v) is 19.0. The second-order valence-corrected chi connectivity index (χ2v) is 9.23. The van der Waals surface area contributed by atoms with Crippen LogP contribution >= 0.6 is 0 Å². The van der Waals surface area contributed by atoms with Crippen LogP contribution in [-0.4, -0.2) is 31.4 Å². The van der Waals surface area contributed by atoms with Gasteiger partial charge < -0.3 is 25.4 Å². The standard InChI is InChI=1S/C26H23N5O4/c1-25-8-9-26(35-25,10-11-34-20-12-19(28)29-14-30-20)22-21(25)23(32)31(24(22)33)18-7-6-15(13-27)16-4-2-3-5-17(16)18/h2-7,12,14,32-33H,8-11H2,1H3,(H2,28,29,30)/t25-,26-/m0/s1. The Labute approximate surface area is 201 Å². The smallest absolute Gasteiger partial charge is 0.218 e. The van der Waals surface area contributed by atoms with Crippen LogP contribution in [-0.2, 0) is 15.9 Å². The Morgan fingerprint density at radius 3 is 2.66 bits per heavy atom. The second-order valence-electron chi connectivity index (χ2n) is 9.23. The summed E-state index contributed by atoms with van der Waals surface area (Å²) in [6.45, 7) is 2.21. The molecule has 2 aliphatic rings. The first-order valence-corrected chi connectivity index (χ1v) is 11.4. The third-order valence-corrected chi connectivity index (χ3v) is 7.21. The van der Waals surface area contributed by atoms with Crippen molar-refractivity contribution in [2.75, 3.05) is 12.3 Å². The molecule has 35 heavy (non-hydrogen) atoms. The van der Waals surface area contributed by atoms with Gasteiger partial charge in [0.15, 0.2) is 0 Å². The molecule has 0 radical (unpaired) electrons. The second kappa shape index (κ2) is 7.35. The van der Waals surface area contributed by atoms with Crippen molar-refractivity contribution in [1.82, 2.24) is 14.5 Å². The Balaban J connectivity index is 1.44. The molecule has 6 rings (SSSR count). The van der Waals surface area contributed by atoms with Crippen LogP contribution in [0.1, 0.15) is 42.9 Å². The molecule has 2 aromatic carbocycles. The summed E-state index contributed by atoms with van der Waals surface area (Å²) in [6, 6.07) is 14.7. The van der Waals surface area contributed by atoms with E-state index in [2.05, 4.69) is 16.0 Å². The van der Waals surface area contributed by atoms with E-state index in [9.17, 15) is 15.5 Å². The number of nitrogens with two attached hydrogens (primary N) is 1. The molecule has 176 valence electrons. The molecule has 0 aliphatic carbocycles. The summed E-state index contributed by atoms with van der Waals surface area (Å²) in [6.07, 6.45) is 3.17. The van der Waals surface area contributed by atoms with Crippen molar-refractivity contribution >= 4 is 16.6 Å². The van der Waals surface area contributed by atoms with E-state index in [0.29, 0.717) is 53.3 Å². The van der Waals surface area contributed by atoms with Crippen LogP contribution in [0.15, 0.2) is 48.8 Å². The lowest BCUT2D eigenvalue weighted by atomic mass is 9.78. The highest BCUT2D eigenvalue weighted by Gasteiger charge is 2.61. The van der Waals surface area contributed by atoms with Gasteiger partial charge in [0.2, 0.25) is 17.6 Å². The first-order chi connectivity index (χ1) is 16.9. The monoisotopic (exact) mass is 469 g/mol. The Hall–Kier alpha value is -4.29. The zero-order chi connectivity index (χ0) is 24.4. The summed E-state index contributed by atoms with van der Waals surface area (Å²) in [5.74, 6) is 0.555. The van der Waals surface area contributed by atoms with Crippen LogP contribution in [0.25, 0.3) is 16.5 Å². The van der Waals surface area contributed by atoms with Crippen LogP contribution in [0.3, 0.4) is 0 Å². The molecule has 4 heterocycles. The molecule has 0 saturated carbocycles. The number of anilines is 1. The highest BCUT2D eigenvalue weighted by atomic mass is 16.5. The van der Waals surface area contributed by atoms with Crippen LogP contribution in [0.4, 0.5) is 5.82 Å². The number of rotatable bonds is 5. The fraction of sp³-hybridized carbons (Fsp3) is 0.269. The van der Waals surface area contributed by atoms with E-state index in [0.717, 1.165) is 10.8 Å². The van der Waals surface area contributed by atoms with Gasteiger partial charge in [-0.3, -0.25) is 4.57 Å². The maximum absolute atomic E-state index is 11.5. The van der Waals surface area contributed by atoms with Gasteiger partial charge in [-0.15, -0.1) is 0 Å². The Kier molecular flexibility index (Phi) is 4.47. The van der Waals surface area contributed by atoms with E-state index in [1.165, 1.54) is 10.9 Å². The number of aromatic nitrogens is 3. The van der Waals surface area contributed by atoms with Crippen molar-refractivity contribution in [3.8, 4) is 29.4 Å². The summed E-state index contributed by atoms with van der Waals surface area (Å²) < 4.78 is 13.7. The van der Waals surface area contributed by atoms with E-state index in [1.54, 1.807) is 18.2 Å². The maximum atomic E-state index is 11.5. The van der Waals surface area contributed by atoms with Crippen LogP contribution in [0.2, 0.25) is 0 Å². The van der Waals surface area contributed by atoms with Gasteiger partial charge in [-0.25, -0.2) is 9.97 Å². The number of ether oxygens (including phenoxy) is 2. The summed E-state index contributed by atoms with van der Waals surface area (Å²) in [4.78, 5) is 7.94. The van der Waals surface area contributed by atoms with Gasteiger partial charge in [0, 0.05) is 23.3 Å². The highest BCUT2D eigenvalue weighted by Crippen LogP contribution is 2.65. The number of nitrogens with zero attached hydrogens (tertiary/aromatic N) is 4. The molecule has 2 aliphatic heterocycles. The first kappa shape index (κ1) is 21.3. The summed E-state index contributed by atoms with van der Waals surface area (Å²) in [5, 5.41) is 33.9. The molecule has 2 atom stereocenters. The van der Waals surface area contributed by atoms with E-state index in [-0.39, 0.29) is 18.4 Å². The van der Waals surface area contributed by atoms with Crippen molar-refractivity contribution in [2.45, 2.75) is 37.4 Å². The average molecular weight is 470 g/mol. The topological polar surface area (TPSA) is 139 Å². The third-order valence-electron chi connectivity index (χ3n) is 7.21. The SMILES string of the molecule is C[C@@]12CC[C@@](CCOc3cc(N)ncn3)(O1)c1c2c(O)n(-c2ccc(C#N)c3ccccc23)c1O. The fourth-order valence-electron chi connectivity index (χ4n) is 5.66. The molecule has 2 aromatic heterocycles. The van der Waals surface area contributed by atoms with Gasteiger partial charge in [-0.05, 0) is 31.9 Å². The Morgan fingerprint density at radius 2 is 1.89 bits per heavy atom. The Morgan fingerprint density at radius 1 is 1.11 bits per heavy atom. The van der Waals surface area contributed by atoms with Crippen LogP contribution in [0, 0.1) is 11.3 Å². The van der Waals surface area contributed by atoms with Gasteiger partial charge in [-0.1, -0.05) is 24.3 Å². The minimum absolute atomic E-state index is 0.0547. The molecule has 4 N–H and O–H groups in total. The predicted octanol–water partition coefficient (Wildman–Crippen LogP) is 3.99. The number of fused-ring (bicyclic) bond motifs is 6. The van der Waals surface area contributed by atoms with E-state index >= 15 is 0 Å². The molecule has 4 aromatic rings. The molecule has 9 heteroatoms. The lowest BCUT2D eigenvalue weighted by Gasteiger charge is -2.26. The summed E-state index contributed by atoms with van der Waals surface area (Å²) in [5.41, 5.74) is 6.47. The minimum Gasteiger partial charge on any atom is -0.494 e. The molecule has 0 amide bonds. The predicted molar refractivity (Wildman–Crippen MR) is 127 cm³/mol. The molecule has 9 nitrogen and oxygen atoms in total. The molecular formula is C26H23N5O4. The lowest BCUT2D eigenvalue weighted by molar-refractivity contribution is -0.0877. The van der Waals surface area contributed by atoms with Gasteiger partial charge in [0.25, 0.3) is 0 Å². The maximum Gasteiger partial charge on any atom is 0.218 e. The fourth-order valence-corrected chi connectivity index (χ4v) is 5.66. The zero-order valence-electron chi connectivity index (χ0n) is 19.0. The molecule has 0 unspecified atom stereocenters. The normalized spacial score (nSPS) is 22.3. The van der Waals surface area contributed by atoms with Gasteiger partial charge in [-0.2, -0.15) is 5.26 Å². The quantitative estimate of drug-likeness (QED) is 0.399. The largest absolute Gasteiger partial charge is 0.494 e. The molecular weight excluding hydrogens is 446 g/mol. The molecule has 1 saturated heterocycles. The summed E-state index contributed by atoms with van der Waals surface area (Å²) in [7, 11) is 0. The number of hydrogen-bond acceptors (Lipinski definition) is 8. The number of nitriles is 1. The highest BCUT2D eigenvalue weighted by molar-refractivity contribution is 5.95. The Bertz CT molecular complexity index is 1540. The van der Waals surface area contributed by atoms with E-state index in [4.69, 9.17) is 15.2 Å². The van der Waals surface area contributed by atoms with Gasteiger partial charge in [0.05, 0.1) is 40.7 Å². The van der Waals surface area contributed by atoms with Crippen molar-refractivity contribution in [3.63, 3.8) is 0 Å². The van der Waals surface area contributed by atoms with E-state index < -0.39 is 11.2 Å². The van der Waals surface area contributed by atoms with Gasteiger partial charge in [0.1, 0.15) is 17.7 Å².